The van der Waals surface area contributed by atoms with Crippen LogP contribution in [0, 0.1) is 6.92 Å². The highest BCUT2D eigenvalue weighted by Gasteiger charge is 2.38. The maximum atomic E-state index is 12.7. The SMILES string of the molecule is Cc1cccc(CC(=O)N2C[C@H](O)C[C@H]2C(=O)CCc2ccc(Cl)cc2)c1. The Hall–Kier alpha value is -2.17. The number of ketones is 1. The van der Waals surface area contributed by atoms with Gasteiger partial charge in [-0.25, -0.2) is 0 Å². The molecule has 0 radical (unpaired) electrons. The molecule has 5 heteroatoms. The fourth-order valence-electron chi connectivity index (χ4n) is 3.58. The zero-order valence-electron chi connectivity index (χ0n) is 15.4. The molecule has 27 heavy (non-hydrogen) atoms. The number of likely N-dealkylation sites (tertiary alicyclic amines) is 1. The normalized spacial score (nSPS) is 19.3. The topological polar surface area (TPSA) is 57.6 Å². The number of nitrogens with zero attached hydrogens (tertiary/aromatic N) is 1. The van der Waals surface area contributed by atoms with Crippen LogP contribution < -0.4 is 0 Å². The standard InChI is InChI=1S/C22H24ClNO3/c1-15-3-2-4-17(11-15)12-22(27)24-14-19(25)13-20(24)21(26)10-7-16-5-8-18(23)9-6-16/h2-6,8-9,11,19-20,25H,7,10,12-14H2,1H3/t19-,20+/m1/s1. The number of benzene rings is 2. The minimum atomic E-state index is -0.643. The molecule has 4 nitrogen and oxygen atoms in total. The predicted octanol–water partition coefficient (Wildman–Crippen LogP) is 3.35. The average molecular weight is 386 g/mol. The number of amides is 1. The van der Waals surface area contributed by atoms with Crippen LogP contribution in [0.2, 0.25) is 5.02 Å². The quantitative estimate of drug-likeness (QED) is 0.829. The molecule has 0 aromatic heterocycles. The summed E-state index contributed by atoms with van der Waals surface area (Å²) in [6.07, 6.45) is 0.861. The number of aliphatic hydroxyl groups is 1. The first-order valence-electron chi connectivity index (χ1n) is 9.22. The van der Waals surface area contributed by atoms with E-state index in [1.807, 2.05) is 43.3 Å². The largest absolute Gasteiger partial charge is 0.391 e. The number of rotatable bonds is 6. The highest BCUT2D eigenvalue weighted by atomic mass is 35.5. The van der Waals surface area contributed by atoms with Gasteiger partial charge < -0.3 is 10.0 Å². The molecule has 2 aromatic carbocycles. The third-order valence-electron chi connectivity index (χ3n) is 4.98. The summed E-state index contributed by atoms with van der Waals surface area (Å²) in [6.45, 7) is 2.21. The molecule has 142 valence electrons. The molecule has 1 amide bonds. The van der Waals surface area contributed by atoms with Crippen molar-refractivity contribution < 1.29 is 14.7 Å². The number of aryl methyl sites for hydroxylation is 2. The molecule has 1 N–H and O–H groups in total. The van der Waals surface area contributed by atoms with Crippen molar-refractivity contribution in [3.8, 4) is 0 Å². The Balaban J connectivity index is 1.63. The molecule has 1 aliphatic heterocycles. The summed E-state index contributed by atoms with van der Waals surface area (Å²) in [5, 5.41) is 10.7. The van der Waals surface area contributed by atoms with Gasteiger partial charge >= 0.3 is 0 Å². The summed E-state index contributed by atoms with van der Waals surface area (Å²) in [6, 6.07) is 14.7. The molecule has 0 bridgehead atoms. The highest BCUT2D eigenvalue weighted by Crippen LogP contribution is 2.22. The zero-order valence-corrected chi connectivity index (χ0v) is 16.2. The first kappa shape index (κ1) is 19.6. The second-order valence-corrected chi connectivity index (χ2v) is 7.65. The monoisotopic (exact) mass is 385 g/mol. The van der Waals surface area contributed by atoms with Gasteiger partial charge in [0.25, 0.3) is 0 Å². The lowest BCUT2D eigenvalue weighted by atomic mass is 10.0. The van der Waals surface area contributed by atoms with E-state index in [2.05, 4.69) is 0 Å². The fraction of sp³-hybridized carbons (Fsp3) is 0.364. The zero-order chi connectivity index (χ0) is 19.4. The first-order chi connectivity index (χ1) is 12.9. The van der Waals surface area contributed by atoms with Crippen LogP contribution in [0.3, 0.4) is 0 Å². The Morgan fingerprint density at radius 3 is 2.59 bits per heavy atom. The number of hydrogen-bond acceptors (Lipinski definition) is 3. The van der Waals surface area contributed by atoms with E-state index >= 15 is 0 Å². The van der Waals surface area contributed by atoms with Crippen molar-refractivity contribution >= 4 is 23.3 Å². The fourth-order valence-corrected chi connectivity index (χ4v) is 3.70. The van der Waals surface area contributed by atoms with E-state index in [0.717, 1.165) is 16.7 Å². The van der Waals surface area contributed by atoms with Gasteiger partial charge in [0.05, 0.1) is 18.6 Å². The molecular weight excluding hydrogens is 362 g/mol. The Labute approximate surface area is 164 Å². The lowest BCUT2D eigenvalue weighted by Crippen LogP contribution is -2.41. The molecule has 0 aliphatic carbocycles. The van der Waals surface area contributed by atoms with E-state index in [1.54, 1.807) is 17.0 Å². The van der Waals surface area contributed by atoms with Gasteiger partial charge in [-0.3, -0.25) is 9.59 Å². The van der Waals surface area contributed by atoms with Crippen LogP contribution in [0.5, 0.6) is 0 Å². The third kappa shape index (κ3) is 5.18. The lowest BCUT2D eigenvalue weighted by molar-refractivity contribution is -0.137. The average Bonchev–Trinajstić information content (AvgIpc) is 3.03. The summed E-state index contributed by atoms with van der Waals surface area (Å²) >= 11 is 5.89. The number of halogens is 1. The van der Waals surface area contributed by atoms with Gasteiger partial charge in [-0.1, -0.05) is 53.6 Å². The van der Waals surface area contributed by atoms with E-state index in [1.165, 1.54) is 0 Å². The molecule has 0 unspecified atom stereocenters. The van der Waals surface area contributed by atoms with Crippen molar-refractivity contribution in [2.24, 2.45) is 0 Å². The van der Waals surface area contributed by atoms with Gasteiger partial charge in [-0.2, -0.15) is 0 Å². The van der Waals surface area contributed by atoms with Gasteiger partial charge in [0.1, 0.15) is 0 Å². The van der Waals surface area contributed by atoms with Gasteiger partial charge in [-0.05, 0) is 36.6 Å². The smallest absolute Gasteiger partial charge is 0.227 e. The van der Waals surface area contributed by atoms with E-state index in [0.29, 0.717) is 24.3 Å². The summed E-state index contributed by atoms with van der Waals surface area (Å²) in [5.74, 6) is -0.110. The Morgan fingerprint density at radius 2 is 1.89 bits per heavy atom. The maximum Gasteiger partial charge on any atom is 0.227 e. The van der Waals surface area contributed by atoms with E-state index < -0.39 is 12.1 Å². The lowest BCUT2D eigenvalue weighted by Gasteiger charge is -2.23. The number of β-amino-alcohol motifs (C(OH)–C–C–N with tert-alkyl or cyclic N) is 1. The second kappa shape index (κ2) is 8.68. The van der Waals surface area contributed by atoms with Gasteiger partial charge in [0.15, 0.2) is 5.78 Å². The Kier molecular flexibility index (Phi) is 6.30. The molecular formula is C22H24ClNO3. The van der Waals surface area contributed by atoms with Gasteiger partial charge in [0.2, 0.25) is 5.91 Å². The molecule has 1 saturated heterocycles. The predicted molar refractivity (Wildman–Crippen MR) is 106 cm³/mol. The van der Waals surface area contributed by atoms with Crippen LogP contribution in [0.25, 0.3) is 0 Å². The van der Waals surface area contributed by atoms with Crippen LogP contribution in [0.1, 0.15) is 29.5 Å². The van der Waals surface area contributed by atoms with Crippen LogP contribution in [-0.2, 0) is 22.4 Å². The second-order valence-electron chi connectivity index (χ2n) is 7.21. The van der Waals surface area contributed by atoms with Crippen molar-refractivity contribution in [2.75, 3.05) is 6.54 Å². The number of hydrogen-bond donors (Lipinski definition) is 1. The van der Waals surface area contributed by atoms with E-state index in [9.17, 15) is 14.7 Å². The number of Topliss-reactive ketones (excluding diaryl/α,β-unsaturated/α-hetero) is 1. The molecule has 0 spiro atoms. The minimum absolute atomic E-state index is 0.000841. The third-order valence-corrected chi connectivity index (χ3v) is 5.23. The van der Waals surface area contributed by atoms with E-state index in [4.69, 9.17) is 11.6 Å². The Morgan fingerprint density at radius 1 is 1.15 bits per heavy atom. The maximum absolute atomic E-state index is 12.7. The van der Waals surface area contributed by atoms with Gasteiger partial charge in [-0.15, -0.1) is 0 Å². The number of carbonyl (C=O) groups excluding carboxylic acids is 2. The minimum Gasteiger partial charge on any atom is -0.391 e. The van der Waals surface area contributed by atoms with Crippen molar-refractivity contribution in [2.45, 2.75) is 44.8 Å². The summed E-state index contributed by atoms with van der Waals surface area (Å²) < 4.78 is 0. The van der Waals surface area contributed by atoms with Crippen LogP contribution >= 0.6 is 11.6 Å². The molecule has 1 heterocycles. The van der Waals surface area contributed by atoms with E-state index in [-0.39, 0.29) is 24.7 Å². The van der Waals surface area contributed by atoms with Crippen molar-refractivity contribution in [1.29, 1.82) is 0 Å². The summed E-state index contributed by atoms with van der Waals surface area (Å²) in [7, 11) is 0. The highest BCUT2D eigenvalue weighted by molar-refractivity contribution is 6.30. The first-order valence-corrected chi connectivity index (χ1v) is 9.60. The summed E-state index contributed by atoms with van der Waals surface area (Å²) in [5.41, 5.74) is 3.05. The molecule has 0 saturated carbocycles. The molecule has 2 atom stereocenters. The van der Waals surface area contributed by atoms with Crippen molar-refractivity contribution in [3.63, 3.8) is 0 Å². The molecule has 2 aromatic rings. The van der Waals surface area contributed by atoms with Crippen LogP contribution in [0.4, 0.5) is 0 Å². The van der Waals surface area contributed by atoms with Gasteiger partial charge in [0, 0.05) is 24.4 Å². The van der Waals surface area contributed by atoms with Crippen molar-refractivity contribution in [1.82, 2.24) is 4.90 Å². The molecule has 1 aliphatic rings. The Bertz CT molecular complexity index is 819. The van der Waals surface area contributed by atoms with Crippen molar-refractivity contribution in [3.05, 3.63) is 70.2 Å². The summed E-state index contributed by atoms with van der Waals surface area (Å²) in [4.78, 5) is 27.0. The van der Waals surface area contributed by atoms with Crippen LogP contribution in [0.15, 0.2) is 48.5 Å². The number of carbonyl (C=O) groups is 2. The van der Waals surface area contributed by atoms with Crippen LogP contribution in [-0.4, -0.2) is 40.4 Å². The number of aliphatic hydroxyl groups excluding tert-OH is 1. The molecule has 1 fully saturated rings. The molecule has 3 rings (SSSR count).